The molecule has 0 saturated carbocycles. The van der Waals surface area contributed by atoms with Gasteiger partial charge in [0, 0.05) is 30.1 Å². The third-order valence-electron chi connectivity index (χ3n) is 2.62. The van der Waals surface area contributed by atoms with Crippen molar-refractivity contribution in [3.8, 4) is 0 Å². The molecule has 0 aliphatic heterocycles. The van der Waals surface area contributed by atoms with Crippen LogP contribution in [-0.2, 0) is 16.4 Å². The average molecular weight is 362 g/mol. The third kappa shape index (κ3) is 4.21. The molecular formula is C12H12ClN3O2S3. The van der Waals surface area contributed by atoms with Crippen LogP contribution in [0.15, 0.2) is 34.7 Å². The van der Waals surface area contributed by atoms with Crippen LogP contribution in [0, 0.1) is 0 Å². The molecule has 0 atom stereocenters. The summed E-state index contributed by atoms with van der Waals surface area (Å²) >= 11 is 12.3. The predicted molar refractivity (Wildman–Crippen MR) is 88.3 cm³/mol. The highest BCUT2D eigenvalue weighted by Gasteiger charge is 2.18. The van der Waals surface area contributed by atoms with Gasteiger partial charge in [-0.15, -0.1) is 11.3 Å². The molecule has 0 aliphatic rings. The van der Waals surface area contributed by atoms with Gasteiger partial charge in [0.1, 0.15) is 9.88 Å². The summed E-state index contributed by atoms with van der Waals surface area (Å²) in [7, 11) is -3.72. The number of sulfonamides is 1. The summed E-state index contributed by atoms with van der Waals surface area (Å²) in [6.45, 7) is 0.240. The Bertz CT molecular complexity index is 745. The fourth-order valence-electron chi connectivity index (χ4n) is 1.61. The fourth-order valence-corrected chi connectivity index (χ4v) is 3.91. The Hall–Kier alpha value is -1.06. The molecule has 21 heavy (non-hydrogen) atoms. The molecule has 0 spiro atoms. The van der Waals surface area contributed by atoms with Crippen LogP contribution in [0.1, 0.15) is 10.6 Å². The van der Waals surface area contributed by atoms with Gasteiger partial charge in [0.25, 0.3) is 0 Å². The third-order valence-corrected chi connectivity index (χ3v) is 5.64. The maximum absolute atomic E-state index is 12.3. The van der Waals surface area contributed by atoms with Crippen LogP contribution in [0.25, 0.3) is 0 Å². The van der Waals surface area contributed by atoms with E-state index >= 15 is 0 Å². The molecule has 0 fully saturated rings. The monoisotopic (exact) mass is 361 g/mol. The van der Waals surface area contributed by atoms with Crippen molar-refractivity contribution in [2.75, 3.05) is 6.54 Å². The second-order valence-electron chi connectivity index (χ2n) is 4.08. The first-order chi connectivity index (χ1) is 9.90. The van der Waals surface area contributed by atoms with Crippen molar-refractivity contribution in [1.29, 1.82) is 0 Å². The van der Waals surface area contributed by atoms with E-state index in [0.717, 1.165) is 5.01 Å². The normalized spacial score (nSPS) is 11.5. The molecule has 1 heterocycles. The molecule has 3 N–H and O–H groups in total. The lowest BCUT2D eigenvalue weighted by Gasteiger charge is -2.09. The lowest BCUT2D eigenvalue weighted by atomic mass is 10.2. The van der Waals surface area contributed by atoms with Gasteiger partial charge in [-0.1, -0.05) is 29.9 Å². The van der Waals surface area contributed by atoms with Crippen molar-refractivity contribution in [2.24, 2.45) is 5.73 Å². The Morgan fingerprint density at radius 2 is 2.24 bits per heavy atom. The SMILES string of the molecule is NC(=S)c1ccc(Cl)c(S(=O)(=O)NCCc2nccs2)c1. The van der Waals surface area contributed by atoms with E-state index in [0.29, 0.717) is 12.0 Å². The zero-order valence-corrected chi connectivity index (χ0v) is 14.0. The number of aromatic nitrogens is 1. The summed E-state index contributed by atoms with van der Waals surface area (Å²) in [6.07, 6.45) is 2.19. The number of halogens is 1. The lowest BCUT2D eigenvalue weighted by Crippen LogP contribution is -2.26. The maximum atomic E-state index is 12.3. The quantitative estimate of drug-likeness (QED) is 0.768. The van der Waals surface area contributed by atoms with Crippen molar-refractivity contribution in [3.05, 3.63) is 45.4 Å². The smallest absolute Gasteiger partial charge is 0.242 e. The van der Waals surface area contributed by atoms with Gasteiger partial charge in [-0.3, -0.25) is 0 Å². The van der Waals surface area contributed by atoms with Crippen LogP contribution in [0.2, 0.25) is 5.02 Å². The van der Waals surface area contributed by atoms with Gasteiger partial charge in [0.2, 0.25) is 10.0 Å². The van der Waals surface area contributed by atoms with E-state index in [1.165, 1.54) is 23.5 Å². The van der Waals surface area contributed by atoms with Gasteiger partial charge in [-0.2, -0.15) is 0 Å². The maximum Gasteiger partial charge on any atom is 0.242 e. The predicted octanol–water partition coefficient (Wildman–Crippen LogP) is 1.95. The second kappa shape index (κ2) is 6.80. The second-order valence-corrected chi connectivity index (χ2v) is 7.64. The van der Waals surface area contributed by atoms with Crippen LogP contribution < -0.4 is 10.5 Å². The fraction of sp³-hybridized carbons (Fsp3) is 0.167. The van der Waals surface area contributed by atoms with E-state index in [2.05, 4.69) is 9.71 Å². The Morgan fingerprint density at radius 1 is 1.48 bits per heavy atom. The van der Waals surface area contributed by atoms with Crippen molar-refractivity contribution >= 4 is 50.2 Å². The molecule has 2 aromatic rings. The standard InChI is InChI=1S/C12H12ClN3O2S3/c13-9-2-1-8(12(14)19)7-10(9)21(17,18)16-4-3-11-15-5-6-20-11/h1-2,5-7,16H,3-4H2,(H2,14,19). The van der Waals surface area contributed by atoms with Crippen LogP contribution >= 0.6 is 35.2 Å². The molecule has 0 saturated heterocycles. The van der Waals surface area contributed by atoms with Gasteiger partial charge in [0.15, 0.2) is 0 Å². The van der Waals surface area contributed by atoms with E-state index in [1.807, 2.05) is 5.38 Å². The first-order valence-corrected chi connectivity index (χ1v) is 9.02. The summed E-state index contributed by atoms with van der Waals surface area (Å²) in [5.74, 6) is 0. The van der Waals surface area contributed by atoms with Gasteiger partial charge in [-0.25, -0.2) is 18.1 Å². The number of nitrogens with zero attached hydrogens (tertiary/aromatic N) is 1. The molecule has 112 valence electrons. The molecule has 0 radical (unpaired) electrons. The molecule has 1 aromatic carbocycles. The lowest BCUT2D eigenvalue weighted by molar-refractivity contribution is 0.581. The summed E-state index contributed by atoms with van der Waals surface area (Å²) in [5, 5.41) is 2.82. The van der Waals surface area contributed by atoms with E-state index < -0.39 is 10.0 Å². The van der Waals surface area contributed by atoms with E-state index in [-0.39, 0.29) is 21.5 Å². The number of thiazole rings is 1. The van der Waals surface area contributed by atoms with Crippen molar-refractivity contribution in [2.45, 2.75) is 11.3 Å². The average Bonchev–Trinajstić information content (AvgIpc) is 2.91. The minimum absolute atomic E-state index is 0.0337. The number of benzene rings is 1. The number of nitrogens with one attached hydrogen (secondary N) is 1. The van der Waals surface area contributed by atoms with Gasteiger partial charge in [0.05, 0.1) is 10.0 Å². The zero-order chi connectivity index (χ0) is 15.5. The highest BCUT2D eigenvalue weighted by atomic mass is 35.5. The van der Waals surface area contributed by atoms with Crippen LogP contribution in [0.5, 0.6) is 0 Å². The summed E-state index contributed by atoms with van der Waals surface area (Å²) in [5.41, 5.74) is 5.96. The van der Waals surface area contributed by atoms with Crippen LogP contribution in [-0.4, -0.2) is 24.9 Å². The molecule has 0 amide bonds. The number of hydrogen-bond acceptors (Lipinski definition) is 5. The Morgan fingerprint density at radius 3 is 2.86 bits per heavy atom. The molecule has 2 rings (SSSR count). The molecule has 9 heteroatoms. The summed E-state index contributed by atoms with van der Waals surface area (Å²) in [4.78, 5) is 4.17. The molecule has 5 nitrogen and oxygen atoms in total. The summed E-state index contributed by atoms with van der Waals surface area (Å²) in [6, 6.07) is 4.42. The topological polar surface area (TPSA) is 85.1 Å². The zero-order valence-electron chi connectivity index (χ0n) is 10.7. The minimum Gasteiger partial charge on any atom is -0.389 e. The first kappa shape index (κ1) is 16.3. The van der Waals surface area contributed by atoms with Crippen LogP contribution in [0.3, 0.4) is 0 Å². The van der Waals surface area contributed by atoms with Crippen LogP contribution in [0.4, 0.5) is 0 Å². The molecule has 0 unspecified atom stereocenters. The highest BCUT2D eigenvalue weighted by molar-refractivity contribution is 7.89. The number of hydrogen-bond donors (Lipinski definition) is 2. The number of rotatable bonds is 6. The Balaban J connectivity index is 2.15. The minimum atomic E-state index is -3.72. The molecule has 0 bridgehead atoms. The van der Waals surface area contributed by atoms with E-state index in [1.54, 1.807) is 12.3 Å². The molecule has 0 aliphatic carbocycles. The Labute approximate surface area is 137 Å². The number of thiocarbonyl (C=S) groups is 1. The van der Waals surface area contributed by atoms with Gasteiger partial charge < -0.3 is 5.73 Å². The van der Waals surface area contributed by atoms with E-state index in [9.17, 15) is 8.42 Å². The molecule has 1 aromatic heterocycles. The Kier molecular flexibility index (Phi) is 5.28. The van der Waals surface area contributed by atoms with Gasteiger partial charge >= 0.3 is 0 Å². The van der Waals surface area contributed by atoms with Gasteiger partial charge in [-0.05, 0) is 12.1 Å². The summed E-state index contributed by atoms with van der Waals surface area (Å²) < 4.78 is 27.0. The van der Waals surface area contributed by atoms with Crippen molar-refractivity contribution in [1.82, 2.24) is 9.71 Å². The number of nitrogens with two attached hydrogens (primary N) is 1. The first-order valence-electron chi connectivity index (χ1n) is 5.87. The van der Waals surface area contributed by atoms with Crippen molar-refractivity contribution in [3.63, 3.8) is 0 Å². The largest absolute Gasteiger partial charge is 0.389 e. The van der Waals surface area contributed by atoms with E-state index in [4.69, 9.17) is 29.6 Å². The highest BCUT2D eigenvalue weighted by Crippen LogP contribution is 2.22. The van der Waals surface area contributed by atoms with Crippen molar-refractivity contribution < 1.29 is 8.42 Å². The molecular weight excluding hydrogens is 350 g/mol.